The van der Waals surface area contributed by atoms with Crippen LogP contribution < -0.4 is 0 Å². The van der Waals surface area contributed by atoms with Crippen molar-refractivity contribution in [2.75, 3.05) is 6.61 Å². The van der Waals surface area contributed by atoms with Gasteiger partial charge in [-0.2, -0.15) is 0 Å². The van der Waals surface area contributed by atoms with Gasteiger partial charge in [0.05, 0.1) is 5.57 Å². The van der Waals surface area contributed by atoms with Crippen molar-refractivity contribution >= 4 is 11.9 Å². The van der Waals surface area contributed by atoms with E-state index in [0.29, 0.717) is 5.92 Å². The average molecular weight is 294 g/mol. The quantitative estimate of drug-likeness (QED) is 0.590. The first kappa shape index (κ1) is 16.1. The molecule has 3 unspecified atom stereocenters. The fourth-order valence-electron chi connectivity index (χ4n) is 4.27. The Hall–Kier alpha value is -1.32. The van der Waals surface area contributed by atoms with E-state index >= 15 is 0 Å². The Morgan fingerprint density at radius 3 is 2.29 bits per heavy atom. The van der Waals surface area contributed by atoms with Gasteiger partial charge in [-0.15, -0.1) is 0 Å². The van der Waals surface area contributed by atoms with Crippen LogP contribution in [0.3, 0.4) is 0 Å². The molecule has 4 heteroatoms. The lowest BCUT2D eigenvalue weighted by Crippen LogP contribution is -2.48. The Kier molecular flexibility index (Phi) is 3.71. The molecule has 0 heterocycles. The largest absolute Gasteiger partial charge is 0.461 e. The van der Waals surface area contributed by atoms with Gasteiger partial charge in [-0.05, 0) is 37.5 Å². The molecule has 2 aliphatic carbocycles. The summed E-state index contributed by atoms with van der Waals surface area (Å²) in [6.45, 7) is 13.7. The number of fused-ring (bicyclic) bond motifs is 2. The number of hydrogen-bond acceptors (Lipinski definition) is 4. The second kappa shape index (κ2) is 4.85. The van der Waals surface area contributed by atoms with Crippen LogP contribution in [0.15, 0.2) is 12.2 Å². The molecule has 0 aliphatic heterocycles. The lowest BCUT2D eigenvalue weighted by Gasteiger charge is -2.45. The van der Waals surface area contributed by atoms with Crippen molar-refractivity contribution in [2.24, 2.45) is 16.7 Å². The smallest absolute Gasteiger partial charge is 0.337 e. The Morgan fingerprint density at radius 2 is 1.86 bits per heavy atom. The summed E-state index contributed by atoms with van der Waals surface area (Å²) in [6, 6.07) is 0. The van der Waals surface area contributed by atoms with Crippen molar-refractivity contribution in [1.82, 2.24) is 0 Å². The molecule has 0 N–H and O–H groups in total. The zero-order valence-corrected chi connectivity index (χ0v) is 13.7. The van der Waals surface area contributed by atoms with Crippen LogP contribution in [0.25, 0.3) is 0 Å². The van der Waals surface area contributed by atoms with Crippen molar-refractivity contribution in [3.63, 3.8) is 0 Å². The van der Waals surface area contributed by atoms with Crippen LogP contribution in [0.1, 0.15) is 53.9 Å². The molecule has 3 atom stereocenters. The summed E-state index contributed by atoms with van der Waals surface area (Å²) < 4.78 is 10.6. The summed E-state index contributed by atoms with van der Waals surface area (Å²) in [6.07, 6.45) is 3.17. The van der Waals surface area contributed by atoms with Crippen LogP contribution in [0.2, 0.25) is 0 Å². The van der Waals surface area contributed by atoms with Gasteiger partial charge < -0.3 is 9.47 Å². The molecular weight excluding hydrogens is 268 g/mol. The minimum Gasteiger partial charge on any atom is -0.461 e. The van der Waals surface area contributed by atoms with E-state index in [4.69, 9.17) is 9.47 Å². The van der Waals surface area contributed by atoms with Gasteiger partial charge >= 0.3 is 11.9 Å². The van der Waals surface area contributed by atoms with E-state index in [1.165, 1.54) is 13.3 Å². The minimum absolute atomic E-state index is 0.0258. The third-order valence-corrected chi connectivity index (χ3v) is 6.29. The highest BCUT2D eigenvalue weighted by Gasteiger charge is 2.68. The van der Waals surface area contributed by atoms with E-state index < -0.39 is 17.5 Å². The predicted octanol–water partition coefficient (Wildman–Crippen LogP) is 3.25. The average Bonchev–Trinajstić information content (AvgIpc) is 2.67. The highest BCUT2D eigenvalue weighted by atomic mass is 16.6. The van der Waals surface area contributed by atoms with Crippen LogP contribution in [0.4, 0.5) is 0 Å². The molecule has 0 radical (unpaired) electrons. The minimum atomic E-state index is -0.477. The van der Waals surface area contributed by atoms with Gasteiger partial charge in [0.1, 0.15) is 12.2 Å². The normalized spacial score (nSPS) is 36.3. The third kappa shape index (κ3) is 2.29. The molecule has 21 heavy (non-hydrogen) atoms. The standard InChI is InChI=1S/C17H26O4/c1-11(10-20-12(2)18)14(19)21-17(6)9-13-7-8-16(17,5)15(13,3)4/h13H,1,7-10H2,2-6H3. The topological polar surface area (TPSA) is 52.6 Å². The summed E-state index contributed by atoms with van der Waals surface area (Å²) in [7, 11) is 0. The maximum Gasteiger partial charge on any atom is 0.337 e. The molecule has 0 saturated heterocycles. The molecule has 118 valence electrons. The SMILES string of the molecule is C=C(COC(C)=O)C(=O)OC1(C)CC2CCC1(C)C2(C)C. The highest BCUT2D eigenvalue weighted by molar-refractivity contribution is 5.88. The Morgan fingerprint density at radius 1 is 1.24 bits per heavy atom. The van der Waals surface area contributed by atoms with Crippen molar-refractivity contribution < 1.29 is 19.1 Å². The van der Waals surface area contributed by atoms with E-state index in [1.54, 1.807) is 0 Å². The summed E-state index contributed by atoms with van der Waals surface area (Å²) >= 11 is 0. The number of carbonyl (C=O) groups excluding carboxylic acids is 2. The van der Waals surface area contributed by atoms with Crippen molar-refractivity contribution in [3.05, 3.63) is 12.2 Å². The van der Waals surface area contributed by atoms with Crippen LogP contribution in [0, 0.1) is 16.7 Å². The van der Waals surface area contributed by atoms with Gasteiger partial charge in [-0.3, -0.25) is 4.79 Å². The molecule has 2 saturated carbocycles. The number of hydrogen-bond donors (Lipinski definition) is 0. The van der Waals surface area contributed by atoms with E-state index in [2.05, 4.69) is 27.4 Å². The summed E-state index contributed by atoms with van der Waals surface area (Å²) in [5.74, 6) is -0.298. The molecule has 0 aromatic rings. The molecular formula is C17H26O4. The van der Waals surface area contributed by atoms with Crippen molar-refractivity contribution in [2.45, 2.75) is 59.5 Å². The van der Waals surface area contributed by atoms with Crippen LogP contribution in [-0.4, -0.2) is 24.1 Å². The molecule has 2 bridgehead atoms. The maximum atomic E-state index is 12.2. The fraction of sp³-hybridized carbons (Fsp3) is 0.765. The number of esters is 2. The summed E-state index contributed by atoms with van der Waals surface area (Å²) in [5.41, 5.74) is -0.146. The van der Waals surface area contributed by atoms with Crippen LogP contribution >= 0.6 is 0 Å². The highest BCUT2D eigenvalue weighted by Crippen LogP contribution is 2.70. The van der Waals surface area contributed by atoms with E-state index in [9.17, 15) is 9.59 Å². The first-order valence-electron chi connectivity index (χ1n) is 7.58. The summed E-state index contributed by atoms with van der Waals surface area (Å²) in [5, 5.41) is 0. The van der Waals surface area contributed by atoms with Gasteiger partial charge in [-0.25, -0.2) is 4.79 Å². The number of carbonyl (C=O) groups is 2. The molecule has 4 nitrogen and oxygen atoms in total. The van der Waals surface area contributed by atoms with Crippen LogP contribution in [0.5, 0.6) is 0 Å². The Balaban J connectivity index is 2.08. The van der Waals surface area contributed by atoms with Gasteiger partial charge in [0, 0.05) is 12.3 Å². The molecule has 0 aromatic heterocycles. The lowest BCUT2D eigenvalue weighted by atomic mass is 9.65. The summed E-state index contributed by atoms with van der Waals surface area (Å²) in [4.78, 5) is 23.0. The number of rotatable bonds is 4. The monoisotopic (exact) mass is 294 g/mol. The molecule has 0 aromatic carbocycles. The first-order valence-corrected chi connectivity index (χ1v) is 7.58. The van der Waals surface area contributed by atoms with Gasteiger partial charge in [0.2, 0.25) is 0 Å². The zero-order valence-electron chi connectivity index (χ0n) is 13.7. The van der Waals surface area contributed by atoms with Gasteiger partial charge in [0.25, 0.3) is 0 Å². The maximum absolute atomic E-state index is 12.2. The van der Waals surface area contributed by atoms with Crippen molar-refractivity contribution in [3.8, 4) is 0 Å². The second-order valence-corrected chi connectivity index (χ2v) is 7.50. The molecule has 2 fully saturated rings. The lowest BCUT2D eigenvalue weighted by molar-refractivity contribution is -0.171. The van der Waals surface area contributed by atoms with E-state index in [0.717, 1.165) is 12.8 Å². The molecule has 0 amide bonds. The van der Waals surface area contributed by atoms with E-state index in [-0.39, 0.29) is 23.0 Å². The second-order valence-electron chi connectivity index (χ2n) is 7.50. The Labute approximate surface area is 126 Å². The third-order valence-electron chi connectivity index (χ3n) is 6.29. The Bertz CT molecular complexity index is 493. The van der Waals surface area contributed by atoms with E-state index in [1.807, 2.05) is 6.92 Å². The number of ether oxygens (including phenoxy) is 2. The molecule has 0 spiro atoms. The molecule has 2 aliphatic rings. The van der Waals surface area contributed by atoms with Gasteiger partial charge in [0.15, 0.2) is 0 Å². The fourth-order valence-corrected chi connectivity index (χ4v) is 4.27. The van der Waals surface area contributed by atoms with Crippen LogP contribution in [-0.2, 0) is 19.1 Å². The van der Waals surface area contributed by atoms with Crippen molar-refractivity contribution in [1.29, 1.82) is 0 Å². The predicted molar refractivity (Wildman–Crippen MR) is 79.5 cm³/mol. The zero-order chi connectivity index (χ0) is 16.1. The molecule has 2 rings (SSSR count). The first-order chi connectivity index (χ1) is 9.53. The van der Waals surface area contributed by atoms with Gasteiger partial charge in [-0.1, -0.05) is 27.4 Å².